The molecule has 2 aromatic rings. The van der Waals surface area contributed by atoms with E-state index in [0.717, 1.165) is 0 Å². The van der Waals surface area contributed by atoms with Gasteiger partial charge in [-0.15, -0.1) is 0 Å². The van der Waals surface area contributed by atoms with Gasteiger partial charge in [0.25, 0.3) is 0 Å². The molecule has 1 aromatic carbocycles. The van der Waals surface area contributed by atoms with Crippen molar-refractivity contribution in [3.63, 3.8) is 0 Å². The highest BCUT2D eigenvalue weighted by Gasteiger charge is 2.06. The highest BCUT2D eigenvalue weighted by Crippen LogP contribution is 2.25. The van der Waals surface area contributed by atoms with Gasteiger partial charge in [-0.05, 0) is 12.1 Å². The summed E-state index contributed by atoms with van der Waals surface area (Å²) in [5, 5.41) is 5.39. The van der Waals surface area contributed by atoms with Crippen LogP contribution >= 0.6 is 0 Å². The zero-order valence-electron chi connectivity index (χ0n) is 11.3. The summed E-state index contributed by atoms with van der Waals surface area (Å²) in [6.07, 6.45) is 1.56. The number of rotatable bonds is 5. The number of ether oxygens (including phenoxy) is 2. The lowest BCUT2D eigenvalue weighted by Gasteiger charge is -2.10. The topological polar surface area (TPSA) is 72.7 Å². The molecule has 1 aromatic heterocycles. The summed E-state index contributed by atoms with van der Waals surface area (Å²) >= 11 is 0. The van der Waals surface area contributed by atoms with Gasteiger partial charge in [-0.1, -0.05) is 0 Å². The number of furan rings is 1. The summed E-state index contributed by atoms with van der Waals surface area (Å²) in [5.74, 6) is 1.89. The van der Waals surface area contributed by atoms with Gasteiger partial charge in [0.15, 0.2) is 0 Å². The Hall–Kier alpha value is -2.63. The molecular formula is C14H16N2O4. The Morgan fingerprint density at radius 3 is 2.45 bits per heavy atom. The molecule has 0 saturated carbocycles. The van der Waals surface area contributed by atoms with Crippen LogP contribution in [0, 0.1) is 0 Å². The van der Waals surface area contributed by atoms with E-state index >= 15 is 0 Å². The Bertz CT molecular complexity index is 544. The molecule has 2 amide bonds. The Labute approximate surface area is 116 Å². The first-order valence-corrected chi connectivity index (χ1v) is 6.01. The van der Waals surface area contributed by atoms with E-state index in [1.807, 2.05) is 0 Å². The van der Waals surface area contributed by atoms with Crippen molar-refractivity contribution in [1.29, 1.82) is 0 Å². The van der Waals surface area contributed by atoms with E-state index in [0.29, 0.717) is 29.5 Å². The smallest absolute Gasteiger partial charge is 0.319 e. The van der Waals surface area contributed by atoms with Gasteiger partial charge in [0.1, 0.15) is 17.3 Å². The van der Waals surface area contributed by atoms with Crippen molar-refractivity contribution in [3.05, 3.63) is 42.4 Å². The van der Waals surface area contributed by atoms with Gasteiger partial charge < -0.3 is 24.5 Å². The number of urea groups is 1. The Morgan fingerprint density at radius 2 is 1.90 bits per heavy atom. The molecule has 106 valence electrons. The van der Waals surface area contributed by atoms with Crippen LogP contribution in [0.15, 0.2) is 41.0 Å². The molecule has 2 rings (SSSR count). The summed E-state index contributed by atoms with van der Waals surface area (Å²) in [6.45, 7) is 0.319. The minimum Gasteiger partial charge on any atom is -0.497 e. The molecule has 1 heterocycles. The summed E-state index contributed by atoms with van der Waals surface area (Å²) < 4.78 is 15.4. The number of hydrogen-bond donors (Lipinski definition) is 2. The summed E-state index contributed by atoms with van der Waals surface area (Å²) in [6, 6.07) is 8.35. The van der Waals surface area contributed by atoms with Crippen LogP contribution in [0.25, 0.3) is 0 Å². The van der Waals surface area contributed by atoms with Crippen LogP contribution in [-0.4, -0.2) is 20.3 Å². The van der Waals surface area contributed by atoms with E-state index in [-0.39, 0.29) is 6.03 Å². The Kier molecular flexibility index (Phi) is 4.49. The molecule has 6 heteroatoms. The number of amides is 2. The number of nitrogens with one attached hydrogen (secondary N) is 2. The lowest BCUT2D eigenvalue weighted by Crippen LogP contribution is -2.28. The predicted octanol–water partition coefficient (Wildman–Crippen LogP) is 2.62. The second kappa shape index (κ2) is 6.51. The van der Waals surface area contributed by atoms with Crippen molar-refractivity contribution in [2.45, 2.75) is 6.54 Å². The van der Waals surface area contributed by atoms with Gasteiger partial charge in [0.05, 0.1) is 27.0 Å². The standard InChI is InChI=1S/C14H16N2O4/c1-18-12-6-10(7-13(8-12)19-2)16-14(17)15-9-11-4-3-5-20-11/h3-8H,9H2,1-2H3,(H2,15,16,17). The molecule has 20 heavy (non-hydrogen) atoms. The number of carbonyl (C=O) groups is 1. The second-order valence-corrected chi connectivity index (χ2v) is 3.99. The molecule has 0 atom stereocenters. The fourth-order valence-electron chi connectivity index (χ4n) is 1.64. The van der Waals surface area contributed by atoms with Crippen molar-refractivity contribution in [2.24, 2.45) is 0 Å². The van der Waals surface area contributed by atoms with Crippen molar-refractivity contribution < 1.29 is 18.7 Å². The second-order valence-electron chi connectivity index (χ2n) is 3.99. The largest absolute Gasteiger partial charge is 0.497 e. The fraction of sp³-hybridized carbons (Fsp3) is 0.214. The van der Waals surface area contributed by atoms with Crippen LogP contribution in [0.3, 0.4) is 0 Å². The monoisotopic (exact) mass is 276 g/mol. The average molecular weight is 276 g/mol. The van der Waals surface area contributed by atoms with Crippen LogP contribution in [0.4, 0.5) is 10.5 Å². The van der Waals surface area contributed by atoms with Crippen LogP contribution in [-0.2, 0) is 6.54 Å². The Morgan fingerprint density at radius 1 is 1.20 bits per heavy atom. The number of methoxy groups -OCH3 is 2. The van der Waals surface area contributed by atoms with E-state index in [1.54, 1.807) is 50.8 Å². The van der Waals surface area contributed by atoms with Gasteiger partial charge in [-0.25, -0.2) is 4.79 Å². The van der Waals surface area contributed by atoms with E-state index in [4.69, 9.17) is 13.9 Å². The molecule has 0 radical (unpaired) electrons. The highest BCUT2D eigenvalue weighted by molar-refractivity contribution is 5.89. The van der Waals surface area contributed by atoms with Gasteiger partial charge in [-0.2, -0.15) is 0 Å². The molecule has 0 aliphatic rings. The highest BCUT2D eigenvalue weighted by atomic mass is 16.5. The molecule has 0 saturated heterocycles. The SMILES string of the molecule is COc1cc(NC(=O)NCc2ccco2)cc(OC)c1. The summed E-state index contributed by atoms with van der Waals surface area (Å²) in [4.78, 5) is 11.8. The quantitative estimate of drug-likeness (QED) is 0.880. The van der Waals surface area contributed by atoms with Crippen molar-refractivity contribution in [1.82, 2.24) is 5.32 Å². The molecule has 6 nitrogen and oxygen atoms in total. The summed E-state index contributed by atoms with van der Waals surface area (Å²) in [7, 11) is 3.10. The van der Waals surface area contributed by atoms with Crippen LogP contribution in [0.5, 0.6) is 11.5 Å². The molecule has 0 aliphatic carbocycles. The van der Waals surface area contributed by atoms with Gasteiger partial charge in [0, 0.05) is 23.9 Å². The van der Waals surface area contributed by atoms with Crippen LogP contribution in [0.2, 0.25) is 0 Å². The summed E-state index contributed by atoms with van der Waals surface area (Å²) in [5.41, 5.74) is 0.582. The number of benzene rings is 1. The maximum Gasteiger partial charge on any atom is 0.319 e. The van der Waals surface area contributed by atoms with E-state index in [1.165, 1.54) is 0 Å². The van der Waals surface area contributed by atoms with Gasteiger partial charge in [-0.3, -0.25) is 0 Å². The first-order chi connectivity index (χ1) is 9.71. The van der Waals surface area contributed by atoms with Gasteiger partial charge >= 0.3 is 6.03 Å². The zero-order chi connectivity index (χ0) is 14.4. The lowest BCUT2D eigenvalue weighted by atomic mass is 10.3. The first-order valence-electron chi connectivity index (χ1n) is 6.01. The predicted molar refractivity (Wildman–Crippen MR) is 74.1 cm³/mol. The van der Waals surface area contributed by atoms with Crippen molar-refractivity contribution in [3.8, 4) is 11.5 Å². The average Bonchev–Trinajstić information content (AvgIpc) is 2.98. The molecule has 0 fully saturated rings. The van der Waals surface area contributed by atoms with E-state index < -0.39 is 0 Å². The van der Waals surface area contributed by atoms with Crippen molar-refractivity contribution in [2.75, 3.05) is 19.5 Å². The van der Waals surface area contributed by atoms with E-state index in [9.17, 15) is 4.79 Å². The maximum atomic E-state index is 11.8. The third-order valence-corrected chi connectivity index (χ3v) is 2.61. The molecule has 2 N–H and O–H groups in total. The van der Waals surface area contributed by atoms with Crippen LogP contribution in [0.1, 0.15) is 5.76 Å². The van der Waals surface area contributed by atoms with Crippen LogP contribution < -0.4 is 20.1 Å². The molecular weight excluding hydrogens is 260 g/mol. The number of hydrogen-bond acceptors (Lipinski definition) is 4. The number of carbonyl (C=O) groups excluding carboxylic acids is 1. The zero-order valence-corrected chi connectivity index (χ0v) is 11.3. The molecule has 0 aliphatic heterocycles. The maximum absolute atomic E-state index is 11.8. The Balaban J connectivity index is 1.96. The fourth-order valence-corrected chi connectivity index (χ4v) is 1.64. The minimum atomic E-state index is -0.336. The molecule has 0 spiro atoms. The minimum absolute atomic E-state index is 0.319. The third kappa shape index (κ3) is 3.68. The normalized spacial score (nSPS) is 9.90. The first kappa shape index (κ1) is 13.8. The van der Waals surface area contributed by atoms with Gasteiger partial charge in [0.2, 0.25) is 0 Å². The molecule has 0 bridgehead atoms. The number of anilines is 1. The lowest BCUT2D eigenvalue weighted by molar-refractivity contribution is 0.251. The van der Waals surface area contributed by atoms with Crippen molar-refractivity contribution >= 4 is 11.7 Å². The van der Waals surface area contributed by atoms with E-state index in [2.05, 4.69) is 10.6 Å². The third-order valence-electron chi connectivity index (χ3n) is 2.61. The molecule has 0 unspecified atom stereocenters.